The van der Waals surface area contributed by atoms with Gasteiger partial charge in [0.2, 0.25) is 5.82 Å². The third kappa shape index (κ3) is 3.89. The molecule has 2 saturated heterocycles. The Hall–Kier alpha value is -2.26. The summed E-state index contributed by atoms with van der Waals surface area (Å²) in [7, 11) is 0. The summed E-state index contributed by atoms with van der Waals surface area (Å²) in [4.78, 5) is 15.7. The van der Waals surface area contributed by atoms with Gasteiger partial charge >= 0.3 is 0 Å². The number of piperazine rings is 1. The molecule has 146 valence electrons. The maximum Gasteiger partial charge on any atom is 0.289 e. The van der Waals surface area contributed by atoms with Crippen molar-refractivity contribution in [1.29, 1.82) is 0 Å². The van der Waals surface area contributed by atoms with Crippen LogP contribution in [0.4, 0.5) is 0 Å². The SMILES string of the molecule is CC[C@H](c1nnnn1C[C@H]1CCCO1)[NH+]1CCN(C(=O)c2ccco2)CC1. The van der Waals surface area contributed by atoms with Gasteiger partial charge in [-0.2, -0.15) is 0 Å². The number of nitrogens with one attached hydrogen (secondary N) is 1. The van der Waals surface area contributed by atoms with Crippen LogP contribution in [0.1, 0.15) is 48.6 Å². The number of hydrogen-bond acceptors (Lipinski definition) is 6. The lowest BCUT2D eigenvalue weighted by molar-refractivity contribution is -0.936. The summed E-state index contributed by atoms with van der Waals surface area (Å²) < 4.78 is 12.9. The molecule has 0 aliphatic carbocycles. The van der Waals surface area contributed by atoms with E-state index in [1.54, 1.807) is 12.1 Å². The quantitative estimate of drug-likeness (QED) is 0.761. The molecule has 2 aromatic heterocycles. The number of carbonyl (C=O) groups is 1. The Bertz CT molecular complexity index is 732. The highest BCUT2D eigenvalue weighted by Gasteiger charge is 2.34. The van der Waals surface area contributed by atoms with Crippen LogP contribution in [-0.2, 0) is 11.3 Å². The van der Waals surface area contributed by atoms with Gasteiger partial charge in [0.15, 0.2) is 5.76 Å². The second-order valence-corrected chi connectivity index (χ2v) is 7.24. The second-order valence-electron chi connectivity index (χ2n) is 7.24. The summed E-state index contributed by atoms with van der Waals surface area (Å²) in [6, 6.07) is 3.69. The molecule has 2 fully saturated rings. The number of tetrazole rings is 1. The third-order valence-electron chi connectivity index (χ3n) is 5.60. The molecule has 2 atom stereocenters. The molecular weight excluding hydrogens is 348 g/mol. The zero-order valence-corrected chi connectivity index (χ0v) is 15.7. The van der Waals surface area contributed by atoms with E-state index in [0.717, 1.165) is 51.3 Å². The first-order valence-electron chi connectivity index (χ1n) is 9.81. The number of aromatic nitrogens is 4. The van der Waals surface area contributed by atoms with Crippen molar-refractivity contribution in [3.63, 3.8) is 0 Å². The van der Waals surface area contributed by atoms with Gasteiger partial charge in [-0.05, 0) is 35.4 Å². The summed E-state index contributed by atoms with van der Waals surface area (Å²) >= 11 is 0. The highest BCUT2D eigenvalue weighted by atomic mass is 16.5. The molecule has 0 unspecified atom stereocenters. The lowest BCUT2D eigenvalue weighted by Gasteiger charge is -2.35. The molecule has 4 rings (SSSR count). The fraction of sp³-hybridized carbons (Fsp3) is 0.667. The van der Waals surface area contributed by atoms with Crippen LogP contribution >= 0.6 is 0 Å². The van der Waals surface area contributed by atoms with Crippen molar-refractivity contribution in [3.05, 3.63) is 30.0 Å². The predicted molar refractivity (Wildman–Crippen MR) is 95.1 cm³/mol. The molecule has 4 heterocycles. The molecule has 2 aliphatic heterocycles. The average molecular weight is 375 g/mol. The Morgan fingerprint density at radius 1 is 1.41 bits per heavy atom. The van der Waals surface area contributed by atoms with Crippen molar-refractivity contribution in [3.8, 4) is 0 Å². The Labute approximate surface area is 158 Å². The number of nitrogens with zero attached hydrogens (tertiary/aromatic N) is 5. The average Bonchev–Trinajstić information content (AvgIpc) is 3.46. The summed E-state index contributed by atoms with van der Waals surface area (Å²) in [5, 5.41) is 12.5. The molecular formula is C18H27N6O3+. The van der Waals surface area contributed by atoms with E-state index in [1.807, 2.05) is 9.58 Å². The van der Waals surface area contributed by atoms with E-state index < -0.39 is 0 Å². The molecule has 9 nitrogen and oxygen atoms in total. The molecule has 0 radical (unpaired) electrons. The van der Waals surface area contributed by atoms with Gasteiger partial charge in [0.05, 0.1) is 45.1 Å². The van der Waals surface area contributed by atoms with Crippen LogP contribution < -0.4 is 4.90 Å². The largest absolute Gasteiger partial charge is 0.459 e. The molecule has 0 bridgehead atoms. The molecule has 2 aromatic rings. The minimum atomic E-state index is -0.0321. The zero-order valence-electron chi connectivity index (χ0n) is 15.7. The fourth-order valence-electron chi connectivity index (χ4n) is 4.13. The standard InChI is InChI=1S/C18H26N6O3/c1-2-15(17-19-20-21-24(17)13-14-5-3-11-26-14)22-7-9-23(10-8-22)18(25)16-6-4-12-27-16/h4,6,12,14-15H,2-3,5,7-11,13H2,1H3/p+1/t14-,15-/m1/s1. The van der Waals surface area contributed by atoms with Gasteiger partial charge in [0.25, 0.3) is 5.91 Å². The first-order valence-corrected chi connectivity index (χ1v) is 9.81. The Morgan fingerprint density at radius 2 is 2.26 bits per heavy atom. The molecule has 1 amide bonds. The Balaban J connectivity index is 1.39. The van der Waals surface area contributed by atoms with Crippen molar-refractivity contribution in [1.82, 2.24) is 25.1 Å². The summed E-state index contributed by atoms with van der Waals surface area (Å²) in [6.07, 6.45) is 4.87. The number of furan rings is 1. The number of rotatable bonds is 6. The number of ether oxygens (including phenoxy) is 1. The maximum absolute atomic E-state index is 12.5. The normalized spacial score (nSPS) is 22.3. The minimum absolute atomic E-state index is 0.0321. The smallest absolute Gasteiger partial charge is 0.289 e. The third-order valence-corrected chi connectivity index (χ3v) is 5.60. The van der Waals surface area contributed by atoms with Crippen LogP contribution in [0.25, 0.3) is 0 Å². The number of carbonyl (C=O) groups excluding carboxylic acids is 1. The number of quaternary nitrogens is 1. The summed E-state index contributed by atoms with van der Waals surface area (Å²) in [6.45, 7) is 6.88. The first kappa shape index (κ1) is 18.1. The Morgan fingerprint density at radius 3 is 2.93 bits per heavy atom. The van der Waals surface area contributed by atoms with Gasteiger partial charge in [0.1, 0.15) is 6.04 Å². The van der Waals surface area contributed by atoms with Crippen LogP contribution in [0.3, 0.4) is 0 Å². The van der Waals surface area contributed by atoms with Gasteiger partial charge in [-0.3, -0.25) is 4.79 Å². The lowest BCUT2D eigenvalue weighted by Crippen LogP contribution is -3.15. The molecule has 27 heavy (non-hydrogen) atoms. The van der Waals surface area contributed by atoms with Gasteiger partial charge < -0.3 is 19.0 Å². The number of amides is 1. The van der Waals surface area contributed by atoms with E-state index in [0.29, 0.717) is 18.8 Å². The van der Waals surface area contributed by atoms with E-state index in [2.05, 4.69) is 22.4 Å². The first-order chi connectivity index (χ1) is 13.3. The molecule has 2 aliphatic rings. The van der Waals surface area contributed by atoms with Crippen molar-refractivity contribution in [2.45, 2.75) is 44.9 Å². The fourth-order valence-corrected chi connectivity index (χ4v) is 4.13. The molecule has 0 saturated carbocycles. The summed E-state index contributed by atoms with van der Waals surface area (Å²) in [5.41, 5.74) is 0. The van der Waals surface area contributed by atoms with Crippen molar-refractivity contribution in [2.75, 3.05) is 32.8 Å². The monoisotopic (exact) mass is 375 g/mol. The molecule has 9 heteroatoms. The van der Waals surface area contributed by atoms with Crippen LogP contribution in [-0.4, -0.2) is 69.9 Å². The van der Waals surface area contributed by atoms with Crippen LogP contribution in [0, 0.1) is 0 Å². The van der Waals surface area contributed by atoms with E-state index in [4.69, 9.17) is 9.15 Å². The molecule has 0 aromatic carbocycles. The highest BCUT2D eigenvalue weighted by Crippen LogP contribution is 2.17. The summed E-state index contributed by atoms with van der Waals surface area (Å²) in [5.74, 6) is 1.30. The van der Waals surface area contributed by atoms with Crippen molar-refractivity contribution in [2.24, 2.45) is 0 Å². The van der Waals surface area contributed by atoms with Gasteiger partial charge in [-0.1, -0.05) is 6.92 Å². The minimum Gasteiger partial charge on any atom is -0.459 e. The van der Waals surface area contributed by atoms with Crippen LogP contribution in [0.15, 0.2) is 22.8 Å². The maximum atomic E-state index is 12.5. The zero-order chi connectivity index (χ0) is 18.6. The van der Waals surface area contributed by atoms with E-state index in [9.17, 15) is 4.79 Å². The van der Waals surface area contributed by atoms with E-state index in [1.165, 1.54) is 11.2 Å². The van der Waals surface area contributed by atoms with Crippen LogP contribution in [0.2, 0.25) is 0 Å². The van der Waals surface area contributed by atoms with Gasteiger partial charge in [0, 0.05) is 13.0 Å². The molecule has 1 N–H and O–H groups in total. The van der Waals surface area contributed by atoms with E-state index >= 15 is 0 Å². The Kier molecular flexibility index (Phi) is 5.49. The van der Waals surface area contributed by atoms with Gasteiger partial charge in [-0.15, -0.1) is 5.10 Å². The van der Waals surface area contributed by atoms with Crippen molar-refractivity contribution >= 4 is 5.91 Å². The van der Waals surface area contributed by atoms with Crippen LogP contribution in [0.5, 0.6) is 0 Å². The number of hydrogen-bond donors (Lipinski definition) is 1. The lowest BCUT2D eigenvalue weighted by atomic mass is 10.1. The topological polar surface area (TPSA) is 90.7 Å². The van der Waals surface area contributed by atoms with Crippen molar-refractivity contribution < 1.29 is 18.8 Å². The highest BCUT2D eigenvalue weighted by molar-refractivity contribution is 5.91. The second kappa shape index (κ2) is 8.18. The molecule has 0 spiro atoms. The van der Waals surface area contributed by atoms with E-state index in [-0.39, 0.29) is 18.1 Å². The predicted octanol–water partition coefficient (Wildman–Crippen LogP) is -0.0629. The van der Waals surface area contributed by atoms with Gasteiger partial charge in [-0.25, -0.2) is 4.68 Å².